The van der Waals surface area contributed by atoms with Crippen LogP contribution < -0.4 is 4.74 Å². The maximum atomic E-state index is 10.9. The number of carboxylic acids is 1. The van der Waals surface area contributed by atoms with Gasteiger partial charge in [-0.3, -0.25) is 10.1 Å². The Bertz CT molecular complexity index is 475. The summed E-state index contributed by atoms with van der Waals surface area (Å²) in [5, 5.41) is 19.6. The van der Waals surface area contributed by atoms with E-state index in [9.17, 15) is 14.9 Å². The van der Waals surface area contributed by atoms with Crippen LogP contribution >= 0.6 is 0 Å². The van der Waals surface area contributed by atoms with Gasteiger partial charge in [-0.1, -0.05) is 0 Å². The molecule has 0 fully saturated rings. The van der Waals surface area contributed by atoms with Crippen molar-refractivity contribution in [3.63, 3.8) is 0 Å². The van der Waals surface area contributed by atoms with Crippen LogP contribution in [0.4, 0.5) is 5.69 Å². The van der Waals surface area contributed by atoms with E-state index >= 15 is 0 Å². The highest BCUT2D eigenvalue weighted by molar-refractivity contribution is 5.88. The van der Waals surface area contributed by atoms with Gasteiger partial charge in [0.1, 0.15) is 6.61 Å². The summed E-state index contributed by atoms with van der Waals surface area (Å²) >= 11 is 0. The zero-order chi connectivity index (χ0) is 15.0. The number of carboxylic acid groups (broad SMARTS) is 1. The highest BCUT2D eigenvalue weighted by atomic mass is 16.6. The van der Waals surface area contributed by atoms with Crippen LogP contribution in [0.5, 0.6) is 5.75 Å². The fourth-order valence-electron chi connectivity index (χ4n) is 1.37. The lowest BCUT2D eigenvalue weighted by Crippen LogP contribution is -2.11. The second kappa shape index (κ2) is 8.08. The summed E-state index contributed by atoms with van der Waals surface area (Å²) in [4.78, 5) is 20.9. The van der Waals surface area contributed by atoms with Crippen molar-refractivity contribution in [2.45, 2.75) is 0 Å². The number of rotatable bonds is 9. The number of aromatic carboxylic acids is 1. The molecule has 0 bridgehead atoms. The van der Waals surface area contributed by atoms with Crippen LogP contribution in [0.15, 0.2) is 18.2 Å². The monoisotopic (exact) mass is 285 g/mol. The van der Waals surface area contributed by atoms with Gasteiger partial charge in [0.05, 0.1) is 30.3 Å². The van der Waals surface area contributed by atoms with E-state index in [1.807, 2.05) is 0 Å². The molecular formula is C12H15NO7. The highest BCUT2D eigenvalue weighted by Gasteiger charge is 2.18. The summed E-state index contributed by atoms with van der Waals surface area (Å²) in [6.45, 7) is 1.23. The maximum Gasteiger partial charge on any atom is 0.335 e. The van der Waals surface area contributed by atoms with Gasteiger partial charge in [0.15, 0.2) is 5.75 Å². The SMILES string of the molecule is COCCOCCOc1ccc(C(=O)O)cc1[N+](=O)[O-]. The Balaban J connectivity index is 2.60. The lowest BCUT2D eigenvalue weighted by Gasteiger charge is -2.08. The van der Waals surface area contributed by atoms with Crippen LogP contribution in [-0.4, -0.2) is 49.5 Å². The molecule has 0 saturated carbocycles. The number of hydrogen-bond acceptors (Lipinski definition) is 6. The number of nitro benzene ring substituents is 1. The first-order valence-electron chi connectivity index (χ1n) is 5.77. The normalized spacial score (nSPS) is 10.2. The molecule has 0 aromatic heterocycles. The molecule has 0 spiro atoms. The van der Waals surface area contributed by atoms with Crippen LogP contribution in [0.1, 0.15) is 10.4 Å². The van der Waals surface area contributed by atoms with E-state index in [4.69, 9.17) is 19.3 Å². The van der Waals surface area contributed by atoms with E-state index < -0.39 is 10.9 Å². The van der Waals surface area contributed by atoms with Gasteiger partial charge in [-0.2, -0.15) is 0 Å². The van der Waals surface area contributed by atoms with Crippen molar-refractivity contribution in [2.75, 3.05) is 33.5 Å². The second-order valence-corrected chi connectivity index (χ2v) is 3.70. The Morgan fingerprint density at radius 2 is 2.00 bits per heavy atom. The second-order valence-electron chi connectivity index (χ2n) is 3.70. The maximum absolute atomic E-state index is 10.9. The van der Waals surface area contributed by atoms with E-state index in [-0.39, 0.29) is 30.2 Å². The number of ether oxygens (including phenoxy) is 3. The summed E-state index contributed by atoms with van der Waals surface area (Å²) in [6.07, 6.45) is 0. The summed E-state index contributed by atoms with van der Waals surface area (Å²) < 4.78 is 15.1. The molecule has 0 radical (unpaired) electrons. The Kier molecular flexibility index (Phi) is 6.41. The zero-order valence-electron chi connectivity index (χ0n) is 10.9. The number of methoxy groups -OCH3 is 1. The average Bonchev–Trinajstić information content (AvgIpc) is 2.42. The molecule has 1 N–H and O–H groups in total. The van der Waals surface area contributed by atoms with Crippen molar-refractivity contribution in [1.82, 2.24) is 0 Å². The average molecular weight is 285 g/mol. The van der Waals surface area contributed by atoms with Crippen LogP contribution in [0.3, 0.4) is 0 Å². The molecular weight excluding hydrogens is 270 g/mol. The molecule has 0 atom stereocenters. The van der Waals surface area contributed by atoms with Gasteiger partial charge < -0.3 is 19.3 Å². The fraction of sp³-hybridized carbons (Fsp3) is 0.417. The predicted octanol–water partition coefficient (Wildman–Crippen LogP) is 1.33. The van der Waals surface area contributed by atoms with Crippen molar-refractivity contribution in [2.24, 2.45) is 0 Å². The fourth-order valence-corrected chi connectivity index (χ4v) is 1.37. The first-order valence-corrected chi connectivity index (χ1v) is 5.77. The Labute approximate surface area is 115 Å². The third-order valence-electron chi connectivity index (χ3n) is 2.32. The van der Waals surface area contributed by atoms with Gasteiger partial charge in [0.2, 0.25) is 0 Å². The molecule has 0 heterocycles. The molecule has 110 valence electrons. The van der Waals surface area contributed by atoms with E-state index in [0.717, 1.165) is 6.07 Å². The van der Waals surface area contributed by atoms with Crippen molar-refractivity contribution in [1.29, 1.82) is 0 Å². The molecule has 0 unspecified atom stereocenters. The van der Waals surface area contributed by atoms with Gasteiger partial charge in [-0.15, -0.1) is 0 Å². The third kappa shape index (κ3) is 4.82. The Morgan fingerprint density at radius 1 is 1.30 bits per heavy atom. The van der Waals surface area contributed by atoms with Crippen LogP contribution in [0.2, 0.25) is 0 Å². The van der Waals surface area contributed by atoms with Crippen LogP contribution in [-0.2, 0) is 9.47 Å². The molecule has 8 nitrogen and oxygen atoms in total. The minimum Gasteiger partial charge on any atom is -0.484 e. The van der Waals surface area contributed by atoms with Gasteiger partial charge >= 0.3 is 11.7 Å². The first-order chi connectivity index (χ1) is 9.56. The molecule has 20 heavy (non-hydrogen) atoms. The number of benzene rings is 1. The van der Waals surface area contributed by atoms with Crippen LogP contribution in [0, 0.1) is 10.1 Å². The Hall–Kier alpha value is -2.19. The molecule has 1 aromatic carbocycles. The molecule has 1 rings (SSSR count). The zero-order valence-corrected chi connectivity index (χ0v) is 10.9. The number of carbonyl (C=O) groups is 1. The number of nitro groups is 1. The molecule has 1 aromatic rings. The molecule has 0 aliphatic rings. The van der Waals surface area contributed by atoms with Gasteiger partial charge in [0.25, 0.3) is 0 Å². The molecule has 0 amide bonds. The summed E-state index contributed by atoms with van der Waals surface area (Å²) in [7, 11) is 1.55. The molecule has 0 saturated heterocycles. The lowest BCUT2D eigenvalue weighted by molar-refractivity contribution is -0.385. The van der Waals surface area contributed by atoms with Gasteiger partial charge in [-0.05, 0) is 12.1 Å². The summed E-state index contributed by atoms with van der Waals surface area (Å²) in [5.74, 6) is -1.22. The molecule has 0 aliphatic carbocycles. The van der Waals surface area contributed by atoms with Crippen molar-refractivity contribution < 1.29 is 29.0 Å². The van der Waals surface area contributed by atoms with E-state index in [0.29, 0.717) is 13.2 Å². The summed E-state index contributed by atoms with van der Waals surface area (Å²) in [6, 6.07) is 3.47. The highest BCUT2D eigenvalue weighted by Crippen LogP contribution is 2.27. The first kappa shape index (κ1) is 15.9. The van der Waals surface area contributed by atoms with E-state index in [1.165, 1.54) is 12.1 Å². The largest absolute Gasteiger partial charge is 0.484 e. The van der Waals surface area contributed by atoms with Gasteiger partial charge in [0, 0.05) is 13.2 Å². The minimum atomic E-state index is -1.23. The third-order valence-corrected chi connectivity index (χ3v) is 2.32. The molecule has 0 aliphatic heterocycles. The topological polar surface area (TPSA) is 108 Å². The standard InChI is InChI=1S/C12H15NO7/c1-18-4-5-19-6-7-20-11-3-2-9(12(14)15)8-10(11)13(16)17/h2-3,8H,4-7H2,1H3,(H,14,15). The van der Waals surface area contributed by atoms with Crippen molar-refractivity contribution >= 4 is 11.7 Å². The molecule has 8 heteroatoms. The van der Waals surface area contributed by atoms with E-state index in [2.05, 4.69) is 0 Å². The lowest BCUT2D eigenvalue weighted by atomic mass is 10.2. The smallest absolute Gasteiger partial charge is 0.335 e. The summed E-state index contributed by atoms with van der Waals surface area (Å²) in [5.41, 5.74) is -0.554. The van der Waals surface area contributed by atoms with Crippen molar-refractivity contribution in [3.05, 3.63) is 33.9 Å². The number of nitrogens with zero attached hydrogens (tertiary/aromatic N) is 1. The van der Waals surface area contributed by atoms with Crippen molar-refractivity contribution in [3.8, 4) is 5.75 Å². The predicted molar refractivity (Wildman–Crippen MR) is 68.2 cm³/mol. The minimum absolute atomic E-state index is 0.00958. The van der Waals surface area contributed by atoms with Crippen LogP contribution in [0.25, 0.3) is 0 Å². The Morgan fingerprint density at radius 3 is 2.60 bits per heavy atom. The number of hydrogen-bond donors (Lipinski definition) is 1. The quantitative estimate of drug-likeness (QED) is 0.414. The van der Waals surface area contributed by atoms with Gasteiger partial charge in [-0.25, -0.2) is 4.79 Å². The van der Waals surface area contributed by atoms with E-state index in [1.54, 1.807) is 7.11 Å².